The third-order valence-corrected chi connectivity index (χ3v) is 8.82. The van der Waals surface area contributed by atoms with Crippen molar-refractivity contribution in [3.8, 4) is 0 Å². The molecule has 0 aliphatic rings. The van der Waals surface area contributed by atoms with Crippen molar-refractivity contribution < 1.29 is 22.4 Å². The van der Waals surface area contributed by atoms with Gasteiger partial charge in [0, 0.05) is 24.5 Å². The maximum absolute atomic E-state index is 15.1. The predicted molar refractivity (Wildman–Crippen MR) is 160 cm³/mol. The maximum atomic E-state index is 15.1. The van der Waals surface area contributed by atoms with Crippen molar-refractivity contribution in [1.82, 2.24) is 10.2 Å². The molecular formula is C31H29BrFN3O4S. The number of hydrogen-bond acceptors (Lipinski definition) is 4. The SMILES string of the molecule is CNC(=O)C(Cc1ccccc1)N(Cc1ccc(Br)cc1)C(=O)CN(c1ccccc1F)S(=O)(=O)c1ccccc1. The summed E-state index contributed by atoms with van der Waals surface area (Å²) in [6, 6.07) is 28.4. The van der Waals surface area contributed by atoms with Crippen LogP contribution in [0.15, 0.2) is 119 Å². The molecule has 4 rings (SSSR count). The first-order valence-electron chi connectivity index (χ1n) is 12.8. The van der Waals surface area contributed by atoms with E-state index in [-0.39, 0.29) is 23.5 Å². The van der Waals surface area contributed by atoms with Gasteiger partial charge in [0.05, 0.1) is 10.6 Å². The zero-order chi connectivity index (χ0) is 29.4. The van der Waals surface area contributed by atoms with Crippen LogP contribution in [-0.2, 0) is 32.6 Å². The van der Waals surface area contributed by atoms with Crippen molar-refractivity contribution in [3.63, 3.8) is 0 Å². The van der Waals surface area contributed by atoms with Crippen LogP contribution in [0.4, 0.5) is 10.1 Å². The van der Waals surface area contributed by atoms with E-state index in [9.17, 15) is 18.0 Å². The third-order valence-electron chi connectivity index (χ3n) is 6.51. The van der Waals surface area contributed by atoms with Crippen LogP contribution in [0.25, 0.3) is 0 Å². The summed E-state index contributed by atoms with van der Waals surface area (Å²) in [6.45, 7) is -0.704. The van der Waals surface area contributed by atoms with Gasteiger partial charge in [0.25, 0.3) is 10.0 Å². The first kappa shape index (κ1) is 30.0. The minimum absolute atomic E-state index is 0.0214. The van der Waals surface area contributed by atoms with Crippen LogP contribution >= 0.6 is 15.9 Å². The molecule has 212 valence electrons. The summed E-state index contributed by atoms with van der Waals surface area (Å²) >= 11 is 3.40. The number of amides is 2. The monoisotopic (exact) mass is 637 g/mol. The minimum atomic E-state index is -4.35. The van der Waals surface area contributed by atoms with Gasteiger partial charge in [-0.3, -0.25) is 13.9 Å². The Morgan fingerprint density at radius 2 is 1.41 bits per heavy atom. The van der Waals surface area contributed by atoms with E-state index in [1.54, 1.807) is 18.2 Å². The average molecular weight is 639 g/mol. The summed E-state index contributed by atoms with van der Waals surface area (Å²) in [5.74, 6) is -1.88. The van der Waals surface area contributed by atoms with Crippen molar-refractivity contribution in [2.45, 2.75) is 23.9 Å². The highest BCUT2D eigenvalue weighted by molar-refractivity contribution is 9.10. The van der Waals surface area contributed by atoms with Crippen molar-refractivity contribution in [1.29, 1.82) is 0 Å². The third kappa shape index (κ3) is 7.39. The molecule has 4 aromatic rings. The lowest BCUT2D eigenvalue weighted by atomic mass is 10.0. The molecule has 0 aliphatic carbocycles. The molecule has 1 N–H and O–H groups in total. The molecule has 0 saturated heterocycles. The van der Waals surface area contributed by atoms with E-state index in [1.165, 1.54) is 42.3 Å². The number of benzene rings is 4. The number of carbonyl (C=O) groups excluding carboxylic acids is 2. The summed E-state index contributed by atoms with van der Waals surface area (Å²) in [5.41, 5.74) is 1.28. The Labute approximate surface area is 247 Å². The number of anilines is 1. The standard InChI is InChI=1S/C31H29BrFN3O4S/c1-34-31(38)29(20-23-10-4-2-5-11-23)35(21-24-16-18-25(32)19-17-24)30(37)22-36(28-15-9-8-14-27(28)33)41(39,40)26-12-6-3-7-13-26/h2-19,29H,20-22H2,1H3,(H,34,38). The molecular weight excluding hydrogens is 609 g/mol. The first-order chi connectivity index (χ1) is 19.7. The van der Waals surface area contributed by atoms with Crippen molar-refractivity contribution in [2.75, 3.05) is 17.9 Å². The van der Waals surface area contributed by atoms with Gasteiger partial charge >= 0.3 is 0 Å². The molecule has 0 aromatic heterocycles. The Morgan fingerprint density at radius 3 is 2.02 bits per heavy atom. The normalized spacial score (nSPS) is 11.9. The van der Waals surface area contributed by atoms with E-state index in [2.05, 4.69) is 21.2 Å². The fourth-order valence-corrected chi connectivity index (χ4v) is 6.10. The zero-order valence-electron chi connectivity index (χ0n) is 22.3. The highest BCUT2D eigenvalue weighted by Crippen LogP contribution is 2.27. The molecule has 2 amide bonds. The number of carbonyl (C=O) groups is 2. The minimum Gasteiger partial charge on any atom is -0.357 e. The van der Waals surface area contributed by atoms with Crippen LogP contribution in [0.5, 0.6) is 0 Å². The van der Waals surface area contributed by atoms with Crippen LogP contribution in [-0.4, -0.2) is 44.8 Å². The number of sulfonamides is 1. The number of nitrogens with one attached hydrogen (secondary N) is 1. The lowest BCUT2D eigenvalue weighted by Gasteiger charge is -2.33. The van der Waals surface area contributed by atoms with Crippen LogP contribution < -0.4 is 9.62 Å². The van der Waals surface area contributed by atoms with Crippen molar-refractivity contribution >= 4 is 43.5 Å². The van der Waals surface area contributed by atoms with E-state index in [4.69, 9.17) is 0 Å². The van der Waals surface area contributed by atoms with Crippen molar-refractivity contribution in [3.05, 3.63) is 131 Å². The number of nitrogens with zero attached hydrogens (tertiary/aromatic N) is 2. The van der Waals surface area contributed by atoms with E-state index in [0.717, 1.165) is 26.0 Å². The second kappa shape index (κ2) is 13.6. The Hall–Kier alpha value is -4.02. The van der Waals surface area contributed by atoms with Gasteiger partial charge < -0.3 is 10.2 Å². The number of likely N-dealkylation sites (N-methyl/N-ethyl adjacent to an activating group) is 1. The molecule has 0 saturated carbocycles. The van der Waals surface area contributed by atoms with Gasteiger partial charge in [-0.25, -0.2) is 12.8 Å². The van der Waals surface area contributed by atoms with Gasteiger partial charge in [-0.2, -0.15) is 0 Å². The second-order valence-corrected chi connectivity index (χ2v) is 12.0. The molecule has 0 aliphatic heterocycles. The van der Waals surface area contributed by atoms with Crippen LogP contribution in [0.2, 0.25) is 0 Å². The molecule has 0 bridgehead atoms. The molecule has 7 nitrogen and oxygen atoms in total. The molecule has 10 heteroatoms. The molecule has 1 atom stereocenters. The van der Waals surface area contributed by atoms with Gasteiger partial charge in [0.15, 0.2) is 0 Å². The maximum Gasteiger partial charge on any atom is 0.264 e. The smallest absolute Gasteiger partial charge is 0.264 e. The van der Waals surface area contributed by atoms with E-state index in [1.807, 2.05) is 54.6 Å². The van der Waals surface area contributed by atoms with E-state index >= 15 is 4.39 Å². The predicted octanol–water partition coefficient (Wildman–Crippen LogP) is 5.17. The number of hydrogen-bond donors (Lipinski definition) is 1. The summed E-state index contributed by atoms with van der Waals surface area (Å²) in [7, 11) is -2.87. The molecule has 0 spiro atoms. The fraction of sp³-hybridized carbons (Fsp3) is 0.161. The summed E-state index contributed by atoms with van der Waals surface area (Å²) in [6.07, 6.45) is 0.188. The summed E-state index contributed by atoms with van der Waals surface area (Å²) in [5, 5.41) is 2.63. The summed E-state index contributed by atoms with van der Waals surface area (Å²) < 4.78 is 44.2. The van der Waals surface area contributed by atoms with Crippen LogP contribution in [0.3, 0.4) is 0 Å². The Kier molecular flexibility index (Phi) is 9.91. The highest BCUT2D eigenvalue weighted by Gasteiger charge is 2.35. The molecule has 41 heavy (non-hydrogen) atoms. The molecule has 0 heterocycles. The van der Waals surface area contributed by atoms with Gasteiger partial charge in [0.2, 0.25) is 11.8 Å². The quantitative estimate of drug-likeness (QED) is 0.246. The Bertz CT molecular complexity index is 1590. The molecule has 0 radical (unpaired) electrons. The van der Waals surface area contributed by atoms with Crippen molar-refractivity contribution in [2.24, 2.45) is 0 Å². The molecule has 4 aromatic carbocycles. The number of halogens is 2. The number of rotatable bonds is 11. The van der Waals surface area contributed by atoms with E-state index < -0.39 is 40.2 Å². The Morgan fingerprint density at radius 1 is 0.829 bits per heavy atom. The van der Waals surface area contributed by atoms with E-state index in [0.29, 0.717) is 0 Å². The number of para-hydroxylation sites is 1. The molecule has 0 fully saturated rings. The largest absolute Gasteiger partial charge is 0.357 e. The second-order valence-electron chi connectivity index (χ2n) is 9.24. The first-order valence-corrected chi connectivity index (χ1v) is 15.1. The van der Waals surface area contributed by atoms with Gasteiger partial charge in [-0.15, -0.1) is 0 Å². The van der Waals surface area contributed by atoms with Gasteiger partial charge in [-0.05, 0) is 47.5 Å². The van der Waals surface area contributed by atoms with Gasteiger partial charge in [0.1, 0.15) is 18.4 Å². The fourth-order valence-electron chi connectivity index (χ4n) is 4.39. The lowest BCUT2D eigenvalue weighted by molar-refractivity contribution is -0.139. The van der Waals surface area contributed by atoms with Crippen LogP contribution in [0, 0.1) is 5.82 Å². The highest BCUT2D eigenvalue weighted by atomic mass is 79.9. The lowest BCUT2D eigenvalue weighted by Crippen LogP contribution is -2.53. The molecule has 1 unspecified atom stereocenters. The van der Waals surface area contributed by atoms with Crippen LogP contribution in [0.1, 0.15) is 11.1 Å². The van der Waals surface area contributed by atoms with Gasteiger partial charge in [-0.1, -0.05) is 88.7 Å². The Balaban J connectivity index is 1.78. The average Bonchev–Trinajstić information content (AvgIpc) is 2.99. The zero-order valence-corrected chi connectivity index (χ0v) is 24.7. The summed E-state index contributed by atoms with van der Waals surface area (Å²) in [4.78, 5) is 28.6. The topological polar surface area (TPSA) is 86.8 Å².